The molecule has 0 bridgehead atoms. The highest BCUT2D eigenvalue weighted by Gasteiger charge is 2.27. The number of nitrogens with two attached hydrogens (primary N) is 1. The van der Waals surface area contributed by atoms with Crippen LogP contribution in [0.1, 0.15) is 16.8 Å². The van der Waals surface area contributed by atoms with Gasteiger partial charge in [0.2, 0.25) is 0 Å². The van der Waals surface area contributed by atoms with Gasteiger partial charge < -0.3 is 20.1 Å². The number of nitrogen functional groups attached to an aromatic ring is 1. The van der Waals surface area contributed by atoms with E-state index in [1.54, 1.807) is 24.1 Å². The Kier molecular flexibility index (Phi) is 4.17. The number of carbonyl (C=O) groups is 1. The summed E-state index contributed by atoms with van der Waals surface area (Å²) in [6.07, 6.45) is 0.841. The van der Waals surface area contributed by atoms with Crippen LogP contribution in [0.4, 0.5) is 5.69 Å². The number of halogens is 1. The quantitative estimate of drug-likeness (QED) is 0.860. The van der Waals surface area contributed by atoms with Crippen LogP contribution >= 0.6 is 11.6 Å². The van der Waals surface area contributed by atoms with Crippen molar-refractivity contribution in [1.82, 2.24) is 4.90 Å². The summed E-state index contributed by atoms with van der Waals surface area (Å²) in [7, 11) is 3.25. The lowest BCUT2D eigenvalue weighted by atomic mass is 10.1. The zero-order valence-electron chi connectivity index (χ0n) is 11.0. The van der Waals surface area contributed by atoms with Crippen molar-refractivity contribution in [3.05, 3.63) is 22.7 Å². The number of amides is 1. The second-order valence-electron chi connectivity index (χ2n) is 4.51. The van der Waals surface area contributed by atoms with E-state index in [1.165, 1.54) is 7.11 Å². The minimum Gasteiger partial charge on any atom is -0.496 e. The van der Waals surface area contributed by atoms with Gasteiger partial charge in [-0.05, 0) is 12.5 Å². The van der Waals surface area contributed by atoms with Gasteiger partial charge in [-0.25, -0.2) is 0 Å². The summed E-state index contributed by atoms with van der Waals surface area (Å²) in [6, 6.07) is 3.20. The summed E-state index contributed by atoms with van der Waals surface area (Å²) < 4.78 is 10.5. The van der Waals surface area contributed by atoms with Gasteiger partial charge in [0.25, 0.3) is 5.91 Å². The fourth-order valence-electron chi connectivity index (χ4n) is 2.09. The molecule has 1 fully saturated rings. The highest BCUT2D eigenvalue weighted by atomic mass is 35.5. The van der Waals surface area contributed by atoms with E-state index in [1.807, 2.05) is 0 Å². The van der Waals surface area contributed by atoms with Gasteiger partial charge in [-0.2, -0.15) is 0 Å². The fraction of sp³-hybridized carbons (Fsp3) is 0.462. The van der Waals surface area contributed by atoms with Crippen molar-refractivity contribution >= 4 is 23.2 Å². The zero-order chi connectivity index (χ0) is 14.0. The maximum Gasteiger partial charge on any atom is 0.257 e. The number of hydrogen-bond donors (Lipinski definition) is 1. The summed E-state index contributed by atoms with van der Waals surface area (Å²) >= 11 is 5.98. The third kappa shape index (κ3) is 2.77. The highest BCUT2D eigenvalue weighted by molar-refractivity contribution is 6.33. The molecular formula is C13H17ClN2O3. The number of rotatable bonds is 3. The fourth-order valence-corrected chi connectivity index (χ4v) is 2.25. The Bertz CT molecular complexity index is 487. The normalized spacial score (nSPS) is 18.4. The first-order valence-electron chi connectivity index (χ1n) is 6.02. The van der Waals surface area contributed by atoms with Crippen molar-refractivity contribution in [2.45, 2.75) is 12.5 Å². The van der Waals surface area contributed by atoms with Gasteiger partial charge >= 0.3 is 0 Å². The van der Waals surface area contributed by atoms with E-state index in [0.717, 1.165) is 6.42 Å². The third-order valence-corrected chi connectivity index (χ3v) is 3.65. The van der Waals surface area contributed by atoms with Gasteiger partial charge in [-0.3, -0.25) is 4.79 Å². The van der Waals surface area contributed by atoms with E-state index < -0.39 is 0 Å². The van der Waals surface area contributed by atoms with Crippen molar-refractivity contribution in [2.24, 2.45) is 0 Å². The number of hydrogen-bond acceptors (Lipinski definition) is 4. The number of nitrogens with zero attached hydrogens (tertiary/aromatic N) is 1. The summed E-state index contributed by atoms with van der Waals surface area (Å²) in [4.78, 5) is 14.1. The predicted molar refractivity (Wildman–Crippen MR) is 73.7 cm³/mol. The second-order valence-corrected chi connectivity index (χ2v) is 4.91. The van der Waals surface area contributed by atoms with Crippen molar-refractivity contribution in [1.29, 1.82) is 0 Å². The van der Waals surface area contributed by atoms with Gasteiger partial charge in [0.1, 0.15) is 5.75 Å². The van der Waals surface area contributed by atoms with Crippen LogP contribution in [-0.2, 0) is 4.74 Å². The molecule has 0 spiro atoms. The van der Waals surface area contributed by atoms with Crippen LogP contribution < -0.4 is 10.5 Å². The summed E-state index contributed by atoms with van der Waals surface area (Å²) in [5.74, 6) is 0.284. The first-order chi connectivity index (χ1) is 9.04. The molecule has 2 N–H and O–H groups in total. The molecule has 1 heterocycles. The number of benzene rings is 1. The molecule has 1 amide bonds. The molecular weight excluding hydrogens is 268 g/mol. The van der Waals surface area contributed by atoms with E-state index in [-0.39, 0.29) is 11.9 Å². The van der Waals surface area contributed by atoms with Crippen LogP contribution in [0.2, 0.25) is 5.02 Å². The van der Waals surface area contributed by atoms with E-state index in [0.29, 0.717) is 35.2 Å². The van der Waals surface area contributed by atoms with Crippen molar-refractivity contribution in [3.8, 4) is 5.75 Å². The van der Waals surface area contributed by atoms with E-state index in [9.17, 15) is 4.79 Å². The number of anilines is 1. The predicted octanol–water partition coefficient (Wildman–Crippen LogP) is 1.79. The van der Waals surface area contributed by atoms with Gasteiger partial charge in [0, 0.05) is 19.7 Å². The maximum absolute atomic E-state index is 12.5. The Balaban J connectivity index is 2.29. The molecule has 1 aromatic rings. The number of carbonyl (C=O) groups excluding carboxylic acids is 1. The molecule has 0 aromatic heterocycles. The molecule has 1 aliphatic rings. The van der Waals surface area contributed by atoms with E-state index in [2.05, 4.69) is 0 Å². The minimum atomic E-state index is -0.144. The summed E-state index contributed by atoms with van der Waals surface area (Å²) in [5, 5.41) is 0.347. The third-order valence-electron chi connectivity index (χ3n) is 3.32. The molecule has 1 aliphatic heterocycles. The monoisotopic (exact) mass is 284 g/mol. The average Bonchev–Trinajstić information content (AvgIpc) is 2.93. The van der Waals surface area contributed by atoms with Crippen LogP contribution in [0.25, 0.3) is 0 Å². The molecule has 2 rings (SSSR count). The molecule has 1 saturated heterocycles. The van der Waals surface area contributed by atoms with Crippen molar-refractivity contribution in [2.75, 3.05) is 33.1 Å². The van der Waals surface area contributed by atoms with Crippen LogP contribution in [-0.4, -0.2) is 44.2 Å². The van der Waals surface area contributed by atoms with Crippen LogP contribution in [0, 0.1) is 0 Å². The SMILES string of the molecule is COc1cc(N)c(Cl)cc1C(=O)N(C)C1CCOC1. The van der Waals surface area contributed by atoms with E-state index >= 15 is 0 Å². The Hall–Kier alpha value is -1.46. The van der Waals surface area contributed by atoms with Crippen LogP contribution in [0.3, 0.4) is 0 Å². The Labute approximate surface area is 117 Å². The molecule has 6 heteroatoms. The van der Waals surface area contributed by atoms with Crippen LogP contribution in [0.15, 0.2) is 12.1 Å². The molecule has 1 atom stereocenters. The van der Waals surface area contributed by atoms with Gasteiger partial charge in [-0.1, -0.05) is 11.6 Å². The minimum absolute atomic E-state index is 0.0912. The highest BCUT2D eigenvalue weighted by Crippen LogP contribution is 2.30. The van der Waals surface area contributed by atoms with Gasteiger partial charge in [-0.15, -0.1) is 0 Å². The topological polar surface area (TPSA) is 64.8 Å². The molecule has 19 heavy (non-hydrogen) atoms. The average molecular weight is 285 g/mol. The zero-order valence-corrected chi connectivity index (χ0v) is 11.7. The van der Waals surface area contributed by atoms with Gasteiger partial charge in [0.05, 0.1) is 36.0 Å². The molecule has 0 saturated carbocycles. The van der Waals surface area contributed by atoms with Gasteiger partial charge in [0.15, 0.2) is 0 Å². The summed E-state index contributed by atoms with van der Waals surface area (Å²) in [6.45, 7) is 1.25. The number of ether oxygens (including phenoxy) is 2. The Morgan fingerprint density at radius 3 is 2.89 bits per heavy atom. The lowest BCUT2D eigenvalue weighted by molar-refractivity contribution is 0.0708. The molecule has 104 valence electrons. The van der Waals surface area contributed by atoms with Crippen LogP contribution in [0.5, 0.6) is 5.75 Å². The maximum atomic E-state index is 12.5. The molecule has 0 radical (unpaired) electrons. The lowest BCUT2D eigenvalue weighted by Gasteiger charge is -2.24. The van der Waals surface area contributed by atoms with E-state index in [4.69, 9.17) is 26.8 Å². The first-order valence-corrected chi connectivity index (χ1v) is 6.40. The Morgan fingerprint density at radius 2 is 2.32 bits per heavy atom. The number of likely N-dealkylation sites (N-methyl/N-ethyl adjacent to an activating group) is 1. The largest absolute Gasteiger partial charge is 0.496 e. The summed E-state index contributed by atoms with van der Waals surface area (Å²) in [5.41, 5.74) is 6.51. The molecule has 1 aromatic carbocycles. The standard InChI is InChI=1S/C13H17ClN2O3/c1-16(8-3-4-19-7-8)13(17)9-5-10(14)11(15)6-12(9)18-2/h5-6,8H,3-4,7,15H2,1-2H3. The number of methoxy groups -OCH3 is 1. The second kappa shape index (κ2) is 5.67. The molecule has 5 nitrogen and oxygen atoms in total. The van der Waals surface area contributed by atoms with Crippen molar-refractivity contribution < 1.29 is 14.3 Å². The molecule has 0 aliphatic carbocycles. The first kappa shape index (κ1) is 14.0. The molecule has 1 unspecified atom stereocenters. The lowest BCUT2D eigenvalue weighted by Crippen LogP contribution is -2.37. The van der Waals surface area contributed by atoms with Crippen molar-refractivity contribution in [3.63, 3.8) is 0 Å². The Morgan fingerprint density at radius 1 is 1.58 bits per heavy atom. The smallest absolute Gasteiger partial charge is 0.257 e.